The van der Waals surface area contributed by atoms with Gasteiger partial charge in [-0.25, -0.2) is 0 Å². The van der Waals surface area contributed by atoms with Gasteiger partial charge in [-0.3, -0.25) is 14.5 Å². The average molecular weight is 533 g/mol. The molecule has 6 nitrogen and oxygen atoms in total. The van der Waals surface area contributed by atoms with E-state index in [1.54, 1.807) is 37.8 Å². The number of amides is 1. The van der Waals surface area contributed by atoms with Crippen molar-refractivity contribution in [1.29, 1.82) is 0 Å². The van der Waals surface area contributed by atoms with Crippen molar-refractivity contribution in [2.45, 2.75) is 71.2 Å². The zero-order chi connectivity index (χ0) is 27.4. The van der Waals surface area contributed by atoms with Crippen molar-refractivity contribution < 1.29 is 32.2 Å². The van der Waals surface area contributed by atoms with Crippen LogP contribution in [0.1, 0.15) is 68.2 Å². The second kappa shape index (κ2) is 11.8. The van der Waals surface area contributed by atoms with Gasteiger partial charge in [0.2, 0.25) is 5.91 Å². The summed E-state index contributed by atoms with van der Waals surface area (Å²) in [6.07, 6.45) is -1.22. The molecule has 0 N–H and O–H groups in total. The summed E-state index contributed by atoms with van der Waals surface area (Å²) in [6, 6.07) is 9.36. The lowest BCUT2D eigenvalue weighted by Crippen LogP contribution is -2.50. The fraction of sp³-hybridized carbons (Fsp3) is 0.517. The SMILES string of the molecule is CCOC(=O)C1CCCCN1CC(=O)N1CCc2cc(OCc3ccc(C(C)C)c(C(F)(F)F)c3)ccc21. The van der Waals surface area contributed by atoms with Crippen molar-refractivity contribution in [3.8, 4) is 5.75 Å². The van der Waals surface area contributed by atoms with Gasteiger partial charge in [-0.2, -0.15) is 13.2 Å². The van der Waals surface area contributed by atoms with Crippen LogP contribution in [0.4, 0.5) is 18.9 Å². The van der Waals surface area contributed by atoms with E-state index in [9.17, 15) is 22.8 Å². The number of carbonyl (C=O) groups is 2. The normalized spacial score (nSPS) is 18.0. The number of esters is 1. The van der Waals surface area contributed by atoms with Gasteiger partial charge in [0.05, 0.1) is 18.7 Å². The Morgan fingerprint density at radius 1 is 1.08 bits per heavy atom. The Kier molecular flexibility index (Phi) is 8.65. The molecule has 9 heteroatoms. The molecule has 1 unspecified atom stereocenters. The van der Waals surface area contributed by atoms with Crippen molar-refractivity contribution in [2.24, 2.45) is 0 Å². The fourth-order valence-electron chi connectivity index (χ4n) is 5.28. The van der Waals surface area contributed by atoms with Crippen LogP contribution in [0.25, 0.3) is 0 Å². The minimum Gasteiger partial charge on any atom is -0.489 e. The Morgan fingerprint density at radius 2 is 1.87 bits per heavy atom. The molecule has 0 bridgehead atoms. The average Bonchev–Trinajstić information content (AvgIpc) is 3.30. The van der Waals surface area contributed by atoms with Gasteiger partial charge in [0.25, 0.3) is 0 Å². The lowest BCUT2D eigenvalue weighted by molar-refractivity contribution is -0.151. The summed E-state index contributed by atoms with van der Waals surface area (Å²) in [5.74, 6) is -0.0452. The van der Waals surface area contributed by atoms with Gasteiger partial charge in [-0.15, -0.1) is 0 Å². The number of hydrogen-bond acceptors (Lipinski definition) is 5. The van der Waals surface area contributed by atoms with Gasteiger partial charge in [0.15, 0.2) is 0 Å². The third-order valence-corrected chi connectivity index (χ3v) is 7.21. The first-order valence-corrected chi connectivity index (χ1v) is 13.2. The van der Waals surface area contributed by atoms with Crippen LogP contribution in [-0.2, 0) is 33.5 Å². The highest BCUT2D eigenvalue weighted by Crippen LogP contribution is 2.36. The van der Waals surface area contributed by atoms with Crippen LogP contribution < -0.4 is 9.64 Å². The maximum absolute atomic E-state index is 13.5. The highest BCUT2D eigenvalue weighted by molar-refractivity contribution is 5.97. The molecule has 1 amide bonds. The van der Waals surface area contributed by atoms with Crippen LogP contribution in [-0.4, -0.2) is 49.1 Å². The summed E-state index contributed by atoms with van der Waals surface area (Å²) in [6.45, 7) is 6.93. The molecule has 2 aromatic rings. The Labute approximate surface area is 221 Å². The van der Waals surface area contributed by atoms with Gasteiger partial charge < -0.3 is 14.4 Å². The third kappa shape index (κ3) is 6.31. The first-order valence-electron chi connectivity index (χ1n) is 13.2. The molecule has 0 spiro atoms. The molecule has 2 aliphatic rings. The molecule has 0 saturated carbocycles. The van der Waals surface area contributed by atoms with Crippen molar-refractivity contribution >= 4 is 17.6 Å². The quantitative estimate of drug-likeness (QED) is 0.408. The second-order valence-electron chi connectivity index (χ2n) is 10.2. The smallest absolute Gasteiger partial charge is 0.416 e. The summed E-state index contributed by atoms with van der Waals surface area (Å²) in [7, 11) is 0. The molecule has 0 radical (unpaired) electrons. The first-order chi connectivity index (χ1) is 18.1. The molecule has 1 atom stereocenters. The molecule has 0 aromatic heterocycles. The Bertz CT molecular complexity index is 1160. The van der Waals surface area contributed by atoms with Crippen LogP contribution in [0.2, 0.25) is 0 Å². The third-order valence-electron chi connectivity index (χ3n) is 7.21. The number of anilines is 1. The van der Waals surface area contributed by atoms with Crippen molar-refractivity contribution in [2.75, 3.05) is 31.1 Å². The number of piperidine rings is 1. The molecule has 1 saturated heterocycles. The van der Waals surface area contributed by atoms with E-state index in [1.807, 2.05) is 17.0 Å². The van der Waals surface area contributed by atoms with Crippen LogP contribution in [0.5, 0.6) is 5.75 Å². The van der Waals surface area contributed by atoms with Gasteiger partial charge >= 0.3 is 12.1 Å². The standard InChI is InChI=1S/C29H35F3N2O4/c1-4-37-28(36)26-7-5-6-13-33(26)17-27(35)34-14-12-21-16-22(9-11-25(21)34)38-18-20-8-10-23(19(2)3)24(15-20)29(30,31)32/h8-11,15-16,19,26H,4-7,12-14,17-18H2,1-3H3. The van der Waals surface area contributed by atoms with Crippen molar-refractivity contribution in [3.05, 3.63) is 58.7 Å². The maximum Gasteiger partial charge on any atom is 0.416 e. The van der Waals surface area contributed by atoms with E-state index in [0.29, 0.717) is 43.9 Å². The van der Waals surface area contributed by atoms with Gasteiger partial charge in [-0.05, 0) is 79.6 Å². The lowest BCUT2D eigenvalue weighted by atomic mass is 9.95. The molecule has 2 aromatic carbocycles. The highest BCUT2D eigenvalue weighted by atomic mass is 19.4. The molecule has 38 heavy (non-hydrogen) atoms. The van der Waals surface area contributed by atoms with E-state index in [-0.39, 0.29) is 36.5 Å². The Morgan fingerprint density at radius 3 is 2.58 bits per heavy atom. The predicted molar refractivity (Wildman–Crippen MR) is 138 cm³/mol. The summed E-state index contributed by atoms with van der Waals surface area (Å²) in [5.41, 5.74) is 1.82. The number of benzene rings is 2. The van der Waals surface area contributed by atoms with E-state index in [2.05, 4.69) is 0 Å². The van der Waals surface area contributed by atoms with Gasteiger partial charge in [0.1, 0.15) is 18.4 Å². The number of nitrogens with zero attached hydrogens (tertiary/aromatic N) is 2. The number of halogens is 3. The predicted octanol–water partition coefficient (Wildman–Crippen LogP) is 5.71. The monoisotopic (exact) mass is 532 g/mol. The number of fused-ring (bicyclic) bond motifs is 1. The molecule has 206 valence electrons. The van der Waals surface area contributed by atoms with E-state index in [4.69, 9.17) is 9.47 Å². The van der Waals surface area contributed by atoms with E-state index in [1.165, 1.54) is 6.07 Å². The number of rotatable bonds is 8. The number of ether oxygens (including phenoxy) is 2. The topological polar surface area (TPSA) is 59.1 Å². The molecular formula is C29H35F3N2O4. The first kappa shape index (κ1) is 28.0. The second-order valence-corrected chi connectivity index (χ2v) is 10.2. The molecule has 2 aliphatic heterocycles. The zero-order valence-corrected chi connectivity index (χ0v) is 22.1. The van der Waals surface area contributed by atoms with Gasteiger partial charge in [0, 0.05) is 12.2 Å². The van der Waals surface area contributed by atoms with Crippen molar-refractivity contribution in [3.63, 3.8) is 0 Å². The minimum absolute atomic E-state index is 0.00704. The summed E-state index contributed by atoms with van der Waals surface area (Å²) >= 11 is 0. The number of carbonyl (C=O) groups excluding carboxylic acids is 2. The minimum atomic E-state index is -4.43. The summed E-state index contributed by atoms with van der Waals surface area (Å²) in [5, 5.41) is 0. The van der Waals surface area contributed by atoms with Gasteiger partial charge in [-0.1, -0.05) is 32.4 Å². The van der Waals surface area contributed by atoms with Crippen LogP contribution in [0.3, 0.4) is 0 Å². The Balaban J connectivity index is 1.41. The zero-order valence-electron chi connectivity index (χ0n) is 22.1. The summed E-state index contributed by atoms with van der Waals surface area (Å²) in [4.78, 5) is 29.2. The largest absolute Gasteiger partial charge is 0.489 e. The van der Waals surface area contributed by atoms with E-state index >= 15 is 0 Å². The van der Waals surface area contributed by atoms with Crippen LogP contribution in [0, 0.1) is 0 Å². The highest BCUT2D eigenvalue weighted by Gasteiger charge is 2.35. The number of hydrogen-bond donors (Lipinski definition) is 0. The fourth-order valence-corrected chi connectivity index (χ4v) is 5.28. The molecule has 2 heterocycles. The molecule has 4 rings (SSSR count). The summed E-state index contributed by atoms with van der Waals surface area (Å²) < 4.78 is 51.7. The van der Waals surface area contributed by atoms with Crippen molar-refractivity contribution in [1.82, 2.24) is 4.90 Å². The maximum atomic E-state index is 13.5. The lowest BCUT2D eigenvalue weighted by Gasteiger charge is -2.34. The van der Waals surface area contributed by atoms with E-state index < -0.39 is 17.8 Å². The number of likely N-dealkylation sites (tertiary alicyclic amines) is 1. The van der Waals surface area contributed by atoms with E-state index in [0.717, 1.165) is 30.2 Å². The molecule has 1 fully saturated rings. The number of alkyl halides is 3. The molecular weight excluding hydrogens is 497 g/mol. The van der Waals surface area contributed by atoms with Crippen LogP contribution in [0.15, 0.2) is 36.4 Å². The van der Waals surface area contributed by atoms with Crippen LogP contribution >= 0.6 is 0 Å². The molecule has 0 aliphatic carbocycles. The Hall–Kier alpha value is -3.07.